The largest absolute Gasteiger partial charge is 0.492 e. The summed E-state index contributed by atoms with van der Waals surface area (Å²) in [5.41, 5.74) is 3.07. The van der Waals surface area contributed by atoms with Gasteiger partial charge in [-0.2, -0.15) is 0 Å². The Hall–Kier alpha value is -2.34. The van der Waals surface area contributed by atoms with Crippen molar-refractivity contribution in [2.45, 2.75) is 25.7 Å². The normalized spacial score (nSPS) is 12.9. The maximum absolute atomic E-state index is 11.9. The average molecular weight is 417 g/mol. The highest BCUT2D eigenvalue weighted by molar-refractivity contribution is 9.10. The van der Waals surface area contributed by atoms with E-state index in [2.05, 4.69) is 26.6 Å². The van der Waals surface area contributed by atoms with Crippen LogP contribution in [0.4, 0.5) is 5.69 Å². The second-order valence-electron chi connectivity index (χ2n) is 6.20. The summed E-state index contributed by atoms with van der Waals surface area (Å²) >= 11 is 3.43. The number of ether oxygens (including phenoxy) is 1. The fourth-order valence-corrected chi connectivity index (χ4v) is 3.29. The van der Waals surface area contributed by atoms with Gasteiger partial charge >= 0.3 is 0 Å². The van der Waals surface area contributed by atoms with E-state index >= 15 is 0 Å². The third-order valence-electron chi connectivity index (χ3n) is 4.19. The van der Waals surface area contributed by atoms with Crippen LogP contribution in [-0.2, 0) is 22.4 Å². The van der Waals surface area contributed by atoms with Crippen molar-refractivity contribution in [1.29, 1.82) is 0 Å². The van der Waals surface area contributed by atoms with Gasteiger partial charge in [0.1, 0.15) is 12.4 Å². The van der Waals surface area contributed by atoms with E-state index in [1.807, 2.05) is 42.5 Å². The van der Waals surface area contributed by atoms with Gasteiger partial charge in [-0.05, 0) is 54.3 Å². The number of hydrogen-bond acceptors (Lipinski definition) is 3. The van der Waals surface area contributed by atoms with Crippen LogP contribution in [0.15, 0.2) is 46.9 Å². The third kappa shape index (κ3) is 5.33. The predicted molar refractivity (Wildman–Crippen MR) is 104 cm³/mol. The molecule has 0 saturated carbocycles. The van der Waals surface area contributed by atoms with Crippen LogP contribution in [0.1, 0.15) is 24.0 Å². The third-order valence-corrected chi connectivity index (χ3v) is 4.69. The van der Waals surface area contributed by atoms with Crippen LogP contribution in [0.2, 0.25) is 0 Å². The van der Waals surface area contributed by atoms with Crippen LogP contribution < -0.4 is 15.4 Å². The molecule has 3 rings (SSSR count). The summed E-state index contributed by atoms with van der Waals surface area (Å²) in [5.74, 6) is 0.821. The molecule has 0 spiro atoms. The molecule has 2 amide bonds. The number of amides is 2. The maximum atomic E-state index is 11.9. The number of aryl methyl sites for hydroxylation is 2. The summed E-state index contributed by atoms with van der Waals surface area (Å²) < 4.78 is 6.72. The van der Waals surface area contributed by atoms with Crippen LogP contribution in [0.3, 0.4) is 0 Å². The highest BCUT2D eigenvalue weighted by atomic mass is 79.9. The molecule has 2 N–H and O–H groups in total. The molecule has 0 radical (unpaired) electrons. The Morgan fingerprint density at radius 2 is 2.08 bits per heavy atom. The van der Waals surface area contributed by atoms with Gasteiger partial charge in [0.25, 0.3) is 0 Å². The molecule has 0 atom stereocenters. The minimum absolute atomic E-state index is 0.0155. The lowest BCUT2D eigenvalue weighted by atomic mass is 10.0. The van der Waals surface area contributed by atoms with Gasteiger partial charge < -0.3 is 15.4 Å². The van der Waals surface area contributed by atoms with E-state index in [4.69, 9.17) is 4.74 Å². The molecule has 0 bridgehead atoms. The minimum atomic E-state index is 0.0155. The smallest absolute Gasteiger partial charge is 0.224 e. The predicted octanol–water partition coefficient (Wildman–Crippen LogP) is 3.46. The Morgan fingerprint density at radius 1 is 1.19 bits per heavy atom. The molecule has 2 aromatic rings. The SMILES string of the molecule is O=C(CCc1cccc(Br)c1)NCCOc1ccc2c(c1)CCC(=O)N2. The molecule has 1 aliphatic heterocycles. The first kappa shape index (κ1) is 18.5. The van der Waals surface area contributed by atoms with Gasteiger partial charge in [0.2, 0.25) is 11.8 Å². The molecule has 0 saturated heterocycles. The van der Waals surface area contributed by atoms with Gasteiger partial charge in [-0.3, -0.25) is 9.59 Å². The Labute approximate surface area is 161 Å². The molecule has 2 aromatic carbocycles. The summed E-state index contributed by atoms with van der Waals surface area (Å²) in [7, 11) is 0. The highest BCUT2D eigenvalue weighted by Gasteiger charge is 2.14. The average Bonchev–Trinajstić information content (AvgIpc) is 2.63. The first-order valence-corrected chi connectivity index (χ1v) is 9.46. The monoisotopic (exact) mass is 416 g/mol. The molecule has 0 fully saturated rings. The quantitative estimate of drug-likeness (QED) is 0.679. The van der Waals surface area contributed by atoms with E-state index in [0.717, 1.165) is 33.5 Å². The highest BCUT2D eigenvalue weighted by Crippen LogP contribution is 2.26. The van der Waals surface area contributed by atoms with Crippen molar-refractivity contribution < 1.29 is 14.3 Å². The molecule has 0 aromatic heterocycles. The van der Waals surface area contributed by atoms with E-state index in [-0.39, 0.29) is 11.8 Å². The molecule has 0 aliphatic carbocycles. The summed E-state index contributed by atoms with van der Waals surface area (Å²) in [4.78, 5) is 23.3. The van der Waals surface area contributed by atoms with Crippen molar-refractivity contribution in [3.05, 3.63) is 58.1 Å². The number of carbonyl (C=O) groups is 2. The Bertz CT molecular complexity index is 807. The molecule has 1 aliphatic rings. The van der Waals surface area contributed by atoms with Crippen molar-refractivity contribution in [1.82, 2.24) is 5.32 Å². The van der Waals surface area contributed by atoms with E-state index in [1.165, 1.54) is 0 Å². The number of fused-ring (bicyclic) bond motifs is 1. The standard InChI is InChI=1S/C20H21BrN2O3/c21-16-3-1-2-14(12-16)4-8-19(24)22-10-11-26-17-6-7-18-15(13-17)5-9-20(25)23-18/h1-3,6-7,12-13H,4-5,8-11H2,(H,22,24)(H,23,25). The number of rotatable bonds is 7. The zero-order valence-electron chi connectivity index (χ0n) is 14.4. The summed E-state index contributed by atoms with van der Waals surface area (Å²) in [6.45, 7) is 0.874. The van der Waals surface area contributed by atoms with Gasteiger partial charge in [-0.15, -0.1) is 0 Å². The Kier molecular flexibility index (Phi) is 6.28. The van der Waals surface area contributed by atoms with E-state index in [1.54, 1.807) is 0 Å². The van der Waals surface area contributed by atoms with Crippen molar-refractivity contribution in [2.75, 3.05) is 18.5 Å². The number of halogens is 1. The van der Waals surface area contributed by atoms with E-state index in [9.17, 15) is 9.59 Å². The number of hydrogen-bond donors (Lipinski definition) is 2. The zero-order chi connectivity index (χ0) is 18.4. The molecule has 136 valence electrons. The summed E-state index contributed by atoms with van der Waals surface area (Å²) in [5, 5.41) is 5.72. The number of benzene rings is 2. The van der Waals surface area contributed by atoms with Crippen molar-refractivity contribution in [3.8, 4) is 5.75 Å². The molecule has 1 heterocycles. The lowest BCUT2D eigenvalue weighted by molar-refractivity contribution is -0.121. The molecule has 6 heteroatoms. The maximum Gasteiger partial charge on any atom is 0.224 e. The number of nitrogens with one attached hydrogen (secondary N) is 2. The Morgan fingerprint density at radius 3 is 2.92 bits per heavy atom. The second-order valence-corrected chi connectivity index (χ2v) is 7.11. The van der Waals surface area contributed by atoms with Gasteiger partial charge in [0.05, 0.1) is 6.54 Å². The minimum Gasteiger partial charge on any atom is -0.492 e. The van der Waals surface area contributed by atoms with Crippen molar-refractivity contribution >= 4 is 33.4 Å². The van der Waals surface area contributed by atoms with Gasteiger partial charge in [-0.1, -0.05) is 28.1 Å². The van der Waals surface area contributed by atoms with E-state index in [0.29, 0.717) is 32.4 Å². The first-order valence-electron chi connectivity index (χ1n) is 8.67. The Balaban J connectivity index is 1.37. The topological polar surface area (TPSA) is 67.4 Å². The first-order chi connectivity index (χ1) is 12.6. The molecule has 0 unspecified atom stereocenters. The summed E-state index contributed by atoms with van der Waals surface area (Å²) in [6, 6.07) is 13.6. The van der Waals surface area contributed by atoms with E-state index < -0.39 is 0 Å². The second kappa shape index (κ2) is 8.85. The lowest BCUT2D eigenvalue weighted by Crippen LogP contribution is -2.28. The van der Waals surface area contributed by atoms with Crippen LogP contribution in [0.5, 0.6) is 5.75 Å². The van der Waals surface area contributed by atoms with Crippen LogP contribution in [0.25, 0.3) is 0 Å². The summed E-state index contributed by atoms with van der Waals surface area (Å²) in [6.07, 6.45) is 2.40. The fourth-order valence-electron chi connectivity index (χ4n) is 2.85. The molecule has 5 nitrogen and oxygen atoms in total. The lowest BCUT2D eigenvalue weighted by Gasteiger charge is -2.17. The van der Waals surface area contributed by atoms with Crippen LogP contribution in [-0.4, -0.2) is 25.0 Å². The van der Waals surface area contributed by atoms with Crippen molar-refractivity contribution in [3.63, 3.8) is 0 Å². The number of carbonyl (C=O) groups excluding carboxylic acids is 2. The number of anilines is 1. The molecular weight excluding hydrogens is 396 g/mol. The fraction of sp³-hybridized carbons (Fsp3) is 0.300. The van der Waals surface area contributed by atoms with Gasteiger partial charge in [0.15, 0.2) is 0 Å². The molecule has 26 heavy (non-hydrogen) atoms. The van der Waals surface area contributed by atoms with Crippen LogP contribution in [0, 0.1) is 0 Å². The zero-order valence-corrected chi connectivity index (χ0v) is 16.0. The molecular formula is C20H21BrN2O3. The van der Waals surface area contributed by atoms with Gasteiger partial charge in [0, 0.05) is 23.0 Å². The van der Waals surface area contributed by atoms with Gasteiger partial charge in [-0.25, -0.2) is 0 Å². The van der Waals surface area contributed by atoms with Crippen LogP contribution >= 0.6 is 15.9 Å². The van der Waals surface area contributed by atoms with Crippen molar-refractivity contribution in [2.24, 2.45) is 0 Å².